The largest absolute Gasteiger partial charge is 0.507 e. The lowest BCUT2D eigenvalue weighted by Gasteiger charge is -2.10. The predicted molar refractivity (Wildman–Crippen MR) is 552 cm³/mol. The van der Waals surface area contributed by atoms with Crippen LogP contribution < -0.4 is 9.47 Å². The Labute approximate surface area is 833 Å². The van der Waals surface area contributed by atoms with Gasteiger partial charge in [-0.1, -0.05) is 140 Å². The topological polar surface area (TPSA) is 347 Å². The summed E-state index contributed by atoms with van der Waals surface area (Å²) in [5.74, 6) is 4.35. The van der Waals surface area contributed by atoms with Gasteiger partial charge in [0.25, 0.3) is 0 Å². The number of carbonyl (C=O) groups excluding carboxylic acids is 6. The number of ketones is 1. The van der Waals surface area contributed by atoms with E-state index in [1.807, 2.05) is 199 Å². The number of hydrogen-bond acceptors (Lipinski definition) is 26. The smallest absolute Gasteiger partial charge is 0.358 e. The van der Waals surface area contributed by atoms with Gasteiger partial charge in [0, 0.05) is 164 Å². The highest BCUT2D eigenvalue weighted by atomic mass is 35.5. The van der Waals surface area contributed by atoms with Crippen molar-refractivity contribution in [3.63, 3.8) is 0 Å². The van der Waals surface area contributed by atoms with Gasteiger partial charge < -0.3 is 44.5 Å². The Bertz CT molecular complexity index is 6610. The molecule has 0 aliphatic rings. The lowest BCUT2D eigenvalue weighted by Crippen LogP contribution is -2.07. The van der Waals surface area contributed by atoms with Crippen molar-refractivity contribution in [2.45, 2.75) is 208 Å². The summed E-state index contributed by atoms with van der Waals surface area (Å²) < 4.78 is 31.3. The van der Waals surface area contributed by atoms with E-state index in [1.54, 1.807) is 101 Å². The summed E-state index contributed by atoms with van der Waals surface area (Å²) in [6.07, 6.45) is 0.942. The molecule has 0 spiro atoms. The third-order valence-corrected chi connectivity index (χ3v) is 26.1. The van der Waals surface area contributed by atoms with Gasteiger partial charge in [-0.05, 0) is 186 Å². The maximum absolute atomic E-state index is 11.5. The van der Waals surface area contributed by atoms with Crippen LogP contribution in [0.4, 0.5) is 0 Å². The van der Waals surface area contributed by atoms with E-state index in [1.165, 1.54) is 33.4 Å². The van der Waals surface area contributed by atoms with Crippen molar-refractivity contribution in [1.82, 2.24) is 58.7 Å². The van der Waals surface area contributed by atoms with Crippen LogP contribution in [0.1, 0.15) is 173 Å². The van der Waals surface area contributed by atoms with Gasteiger partial charge >= 0.3 is 23.9 Å². The van der Waals surface area contributed by atoms with Gasteiger partial charge in [-0.3, -0.25) is 47.3 Å². The minimum Gasteiger partial charge on any atom is -0.507 e. The van der Waals surface area contributed by atoms with Crippen LogP contribution in [-0.2, 0) is 118 Å². The maximum Gasteiger partial charge on any atom is 0.358 e. The molecule has 6 aromatic heterocycles. The maximum atomic E-state index is 11.5. The highest BCUT2D eigenvalue weighted by Gasteiger charge is 2.20. The number of alkyl halides is 2. The van der Waals surface area contributed by atoms with Crippen LogP contribution in [0, 0.1) is 0 Å². The van der Waals surface area contributed by atoms with Gasteiger partial charge in [0.15, 0.2) is 22.3 Å². The number of esters is 4. The van der Waals surface area contributed by atoms with E-state index in [-0.39, 0.29) is 41.7 Å². The highest BCUT2D eigenvalue weighted by molar-refractivity contribution is 8.13. The molecular weight excluding hydrogens is 1890 g/mol. The molecule has 0 saturated carbocycles. The standard InChI is InChI=1S/C20H22N2O2S.C18H18N2O2S.C17H17ClN2OS.C17H18N2O2S.C14H12O3S.C9H13ClN2O2.C9H14N2O3/c1-4-16-11-17(22(5-2)21-16)13-25-18-10-15-8-6-7-9-19(15)20(12-18)24-14(3)23;1-3-20-14(9-17(19-20)12(2)21)11-23-15-8-13-6-4-5-7-16(13)18(22)10-15;1-2-20-14(8-13(10-18)19-20)11-22-15-7-12-5-3-4-6-16(12)17(21)9-15;1-2-19-14(8-13(10-20)18-19)11-22-15-7-12-5-3-4-6-16(12)17(21)9-15;1-9(15)17-14-8-12(18-10(2)16)7-11-5-3-4-6-13(11)14;1-3-12-7(6-10)5-8(11-12)9(13)14-4-2;1-3-11-7(6-12)5-8(10-11)9(13)14-4-2/h6-12H,4-5,13H2,1-3H3;4-10,22H,3,11H2,1-2H3;3-9,21H,2,10-11H2,1H3;3-9,20-21H,2,10-11H2,1H3;3-8H,1-2H3;5H,3-4,6H2,1-2H3;5,12H,3-4,6H2,1-2H3. The van der Waals surface area contributed by atoms with Crippen LogP contribution in [0.15, 0.2) is 243 Å². The zero-order chi connectivity index (χ0) is 99.5. The molecule has 0 saturated heterocycles. The van der Waals surface area contributed by atoms with Gasteiger partial charge in [-0.2, -0.15) is 30.6 Å². The fraction of sp³-hybridized carbons (Fsp3) is 0.288. The van der Waals surface area contributed by atoms with E-state index in [4.69, 9.17) is 47.3 Å². The van der Waals surface area contributed by atoms with Crippen molar-refractivity contribution in [1.29, 1.82) is 0 Å². The van der Waals surface area contributed by atoms with E-state index in [0.717, 1.165) is 174 Å². The number of ether oxygens (including phenoxy) is 4. The first-order valence-electron chi connectivity index (χ1n) is 44.9. The third kappa shape index (κ3) is 30.6. The molecule has 10 aromatic carbocycles. The van der Waals surface area contributed by atoms with Crippen LogP contribution in [0.5, 0.6) is 28.7 Å². The average Bonchev–Trinajstić information content (AvgIpc) is 1.56. The van der Waals surface area contributed by atoms with E-state index < -0.39 is 11.9 Å². The molecule has 6 heterocycles. The third-order valence-electron chi connectivity index (χ3n) is 20.8. The van der Waals surface area contributed by atoms with E-state index in [2.05, 4.69) is 86.4 Å². The van der Waals surface area contributed by atoms with Gasteiger partial charge in [-0.25, -0.2) is 9.59 Å². The van der Waals surface area contributed by atoms with Crippen LogP contribution in [0.3, 0.4) is 0 Å². The van der Waals surface area contributed by atoms with Crippen molar-refractivity contribution in [2.24, 2.45) is 0 Å². The number of thioether (sulfide) groups is 5. The number of fused-ring (bicyclic) bond motifs is 5. The summed E-state index contributed by atoms with van der Waals surface area (Å²) in [6.45, 7) is 28.5. The number of phenols is 3. The number of phenolic OH excluding ortho intramolecular Hbond substituents is 3. The van der Waals surface area contributed by atoms with Crippen LogP contribution in [-0.4, -0.2) is 132 Å². The number of Topliss-reactive ketones (excluding diaryl/α,β-unsaturated/α-hetero) is 1. The normalized spacial score (nSPS) is 10.8. The van der Waals surface area contributed by atoms with Crippen LogP contribution in [0.25, 0.3) is 53.9 Å². The van der Waals surface area contributed by atoms with E-state index in [0.29, 0.717) is 95.3 Å². The molecule has 27 nitrogen and oxygen atoms in total. The fourth-order valence-corrected chi connectivity index (χ4v) is 19.1. The molecule has 16 rings (SSSR count). The monoisotopic (exact) mass is 2000 g/mol. The summed E-state index contributed by atoms with van der Waals surface area (Å²) in [5.41, 5.74) is 9.69. The molecule has 724 valence electrons. The quantitative estimate of drug-likeness (QED) is 0.00886. The number of carbonyl (C=O) groups is 6. The molecule has 0 fully saturated rings. The molecule has 5 N–H and O–H groups in total. The highest BCUT2D eigenvalue weighted by Crippen LogP contribution is 2.39. The number of aliphatic hydroxyl groups excluding tert-OH is 2. The van der Waals surface area contributed by atoms with Crippen LogP contribution in [0.2, 0.25) is 0 Å². The van der Waals surface area contributed by atoms with E-state index >= 15 is 0 Å². The molecule has 0 radical (unpaired) electrons. The van der Waals surface area contributed by atoms with Crippen molar-refractivity contribution in [2.75, 3.05) is 13.2 Å². The Morgan fingerprint density at radius 1 is 0.326 bits per heavy atom. The van der Waals surface area contributed by atoms with Gasteiger partial charge in [-0.15, -0.1) is 70.2 Å². The van der Waals surface area contributed by atoms with Crippen molar-refractivity contribution >= 4 is 171 Å². The summed E-state index contributed by atoms with van der Waals surface area (Å²) in [5, 5.41) is 83.9. The number of hydrogen-bond donors (Lipinski definition) is 5. The second kappa shape index (κ2) is 54.1. The minimum absolute atomic E-state index is 0.000874. The molecule has 0 aliphatic heterocycles. The number of benzene rings is 10. The average molecular weight is 2000 g/mol. The number of halogens is 2. The predicted octanol–water partition coefficient (Wildman–Crippen LogP) is 23.2. The lowest BCUT2D eigenvalue weighted by atomic mass is 10.1. The number of nitrogens with zero attached hydrogens (tertiary/aromatic N) is 12. The van der Waals surface area contributed by atoms with Gasteiger partial charge in [0.2, 0.25) is 0 Å². The summed E-state index contributed by atoms with van der Waals surface area (Å²) in [7, 11) is 0. The zero-order valence-corrected chi connectivity index (χ0v) is 84.9. The van der Waals surface area contributed by atoms with Crippen molar-refractivity contribution < 1.29 is 73.2 Å². The summed E-state index contributed by atoms with van der Waals surface area (Å²) in [4.78, 5) is 72.6. The summed E-state index contributed by atoms with van der Waals surface area (Å²) in [6, 6.07) is 69.6. The molecule has 0 unspecified atom stereocenters. The fourth-order valence-electron chi connectivity index (χ4n) is 14.3. The second-order valence-corrected chi connectivity index (χ2v) is 36.5. The molecule has 0 amide bonds. The molecular formula is C104H114Cl2N12O15S5. The Morgan fingerprint density at radius 3 is 0.971 bits per heavy atom. The Morgan fingerprint density at radius 2 is 0.630 bits per heavy atom. The number of aromatic hydroxyl groups is 3. The zero-order valence-electron chi connectivity index (χ0n) is 79.3. The first-order chi connectivity index (χ1) is 66.6. The van der Waals surface area contributed by atoms with Crippen molar-refractivity contribution in [3.8, 4) is 28.7 Å². The number of rotatable bonds is 31. The Hall–Kier alpha value is -12.4. The lowest BCUT2D eigenvalue weighted by molar-refractivity contribution is -0.132. The molecule has 0 atom stereocenters. The number of aliphatic hydroxyl groups is 2. The molecule has 0 aliphatic carbocycles. The number of aryl methyl sites for hydroxylation is 7. The number of aromatic nitrogens is 12. The Kier molecular flexibility index (Phi) is 42.2. The molecule has 16 aromatic rings. The minimum atomic E-state index is -0.450. The Balaban J connectivity index is 0.000000168. The second-order valence-electron chi connectivity index (χ2n) is 30.5. The van der Waals surface area contributed by atoms with Gasteiger partial charge in [0.05, 0.1) is 66.7 Å². The SMILES string of the molecule is CC(=O)Oc1cc(SC(C)=O)cc2ccccc12.CCOC(=O)c1cc(CCl)n(CC)n1.CCOC(=O)c1cc(CO)n(CC)n1.CCc1cc(CSc2cc(OC(C)=O)c3ccccc3c2)n(CC)n1.CCn1nc(C(C)=O)cc1CSc1cc(O)c2ccccc2c1.CCn1nc(CCl)cc1CSc1cc(O)c2ccccc2c1.CCn1nc(CO)cc1CSc1cc(O)c2ccccc2c1. The van der Waals surface area contributed by atoms with E-state index in [9.17, 15) is 49.2 Å². The van der Waals surface area contributed by atoms with Gasteiger partial charge in [0.1, 0.15) is 34.4 Å². The molecule has 0 bridgehead atoms. The van der Waals surface area contributed by atoms with Crippen LogP contribution >= 0.6 is 82.0 Å². The van der Waals surface area contributed by atoms with Crippen molar-refractivity contribution in [3.05, 3.63) is 287 Å². The molecule has 138 heavy (non-hydrogen) atoms. The molecule has 34 heteroatoms. The summed E-state index contributed by atoms with van der Waals surface area (Å²) >= 11 is 19.4. The first-order valence-corrected chi connectivity index (χ1v) is 50.8. The first kappa shape index (κ1) is 108.